The smallest absolute Gasteiger partial charge is 0.0447 e. The Morgan fingerprint density at radius 2 is 1.79 bits per heavy atom. The van der Waals surface area contributed by atoms with Gasteiger partial charge in [0.05, 0.1) is 0 Å². The van der Waals surface area contributed by atoms with E-state index in [4.69, 9.17) is 0 Å². The van der Waals surface area contributed by atoms with Gasteiger partial charge in [-0.25, -0.2) is 0 Å². The van der Waals surface area contributed by atoms with Gasteiger partial charge in [-0.3, -0.25) is 15.0 Å². The zero-order chi connectivity index (χ0) is 20.9. The molecule has 0 saturated carbocycles. The van der Waals surface area contributed by atoms with Crippen LogP contribution < -0.4 is 0 Å². The Morgan fingerprint density at radius 1 is 1.03 bits per heavy atom. The first-order chi connectivity index (χ1) is 14.1. The minimum Gasteiger partial charge on any atom is -0.290 e. The lowest BCUT2D eigenvalue weighted by atomic mass is 9.96. The van der Waals surface area contributed by atoms with Gasteiger partial charge in [0, 0.05) is 55.3 Å². The second kappa shape index (κ2) is 12.6. The predicted octanol–water partition coefficient (Wildman–Crippen LogP) is 6.18. The van der Waals surface area contributed by atoms with E-state index in [0.717, 1.165) is 49.3 Å². The van der Waals surface area contributed by atoms with Gasteiger partial charge in [-0.05, 0) is 62.1 Å². The molecule has 0 aliphatic rings. The zero-order valence-corrected chi connectivity index (χ0v) is 18.2. The summed E-state index contributed by atoms with van der Waals surface area (Å²) in [5, 5.41) is 0. The van der Waals surface area contributed by atoms with E-state index in [-0.39, 0.29) is 0 Å². The maximum Gasteiger partial charge on any atom is 0.0447 e. The van der Waals surface area contributed by atoms with E-state index in [1.807, 2.05) is 31.5 Å². The van der Waals surface area contributed by atoms with Gasteiger partial charge >= 0.3 is 0 Å². The van der Waals surface area contributed by atoms with Gasteiger partial charge in [-0.2, -0.15) is 0 Å². The van der Waals surface area contributed by atoms with Crippen LogP contribution in [0.15, 0.2) is 77.0 Å². The molecule has 0 fully saturated rings. The van der Waals surface area contributed by atoms with Gasteiger partial charge < -0.3 is 0 Å². The number of rotatable bonds is 10. The lowest BCUT2D eigenvalue weighted by molar-refractivity contribution is 1.06. The van der Waals surface area contributed by atoms with Crippen molar-refractivity contribution in [1.82, 2.24) is 4.98 Å². The molecular formula is C26H33N3. The second-order valence-corrected chi connectivity index (χ2v) is 7.13. The maximum atomic E-state index is 4.65. The van der Waals surface area contributed by atoms with Crippen LogP contribution in [0.3, 0.4) is 0 Å². The highest BCUT2D eigenvalue weighted by Crippen LogP contribution is 2.16. The van der Waals surface area contributed by atoms with Crippen molar-refractivity contribution in [2.45, 2.75) is 53.4 Å². The van der Waals surface area contributed by atoms with E-state index >= 15 is 0 Å². The number of hydrogen-bond acceptors (Lipinski definition) is 3. The van der Waals surface area contributed by atoms with Crippen LogP contribution in [0.2, 0.25) is 0 Å². The fourth-order valence-electron chi connectivity index (χ4n) is 3.26. The molecule has 152 valence electrons. The monoisotopic (exact) mass is 387 g/mol. The molecule has 0 aliphatic carbocycles. The summed E-state index contributed by atoms with van der Waals surface area (Å²) in [4.78, 5) is 13.7. The van der Waals surface area contributed by atoms with Crippen LogP contribution in [0.25, 0.3) is 0 Å². The molecule has 0 saturated heterocycles. The SMILES string of the molecule is C/C=C\C(Cc1cc(C/C(C)=N/C=C\CC)cc(Cc2ccccn2)c1)=N/CC. The molecule has 1 heterocycles. The Balaban J connectivity index is 2.33. The van der Waals surface area contributed by atoms with Gasteiger partial charge in [0.15, 0.2) is 0 Å². The Labute approximate surface area is 176 Å². The summed E-state index contributed by atoms with van der Waals surface area (Å²) in [7, 11) is 0. The number of benzene rings is 1. The third-order valence-electron chi connectivity index (χ3n) is 4.43. The van der Waals surface area contributed by atoms with Crippen molar-refractivity contribution >= 4 is 11.4 Å². The molecule has 0 unspecified atom stereocenters. The molecule has 2 rings (SSSR count). The van der Waals surface area contributed by atoms with Crippen molar-refractivity contribution in [2.24, 2.45) is 9.98 Å². The van der Waals surface area contributed by atoms with Crippen molar-refractivity contribution in [1.29, 1.82) is 0 Å². The third kappa shape index (κ3) is 8.39. The van der Waals surface area contributed by atoms with Crippen LogP contribution in [0.5, 0.6) is 0 Å². The summed E-state index contributed by atoms with van der Waals surface area (Å²) in [6.07, 6.45) is 13.5. The Kier molecular flexibility index (Phi) is 9.77. The molecule has 0 amide bonds. The lowest BCUT2D eigenvalue weighted by Gasteiger charge is -2.11. The number of nitrogens with zero attached hydrogens (tertiary/aromatic N) is 3. The molecule has 0 bridgehead atoms. The Bertz CT molecular complexity index is 874. The Hall–Kier alpha value is -2.81. The molecule has 0 atom stereocenters. The highest BCUT2D eigenvalue weighted by Gasteiger charge is 2.07. The van der Waals surface area contributed by atoms with E-state index in [1.54, 1.807) is 0 Å². The van der Waals surface area contributed by atoms with Crippen LogP contribution in [-0.2, 0) is 19.3 Å². The van der Waals surface area contributed by atoms with Crippen molar-refractivity contribution in [3.8, 4) is 0 Å². The topological polar surface area (TPSA) is 37.6 Å². The minimum absolute atomic E-state index is 0.801. The summed E-state index contributed by atoms with van der Waals surface area (Å²) in [5.41, 5.74) is 7.18. The molecule has 0 spiro atoms. The third-order valence-corrected chi connectivity index (χ3v) is 4.43. The first kappa shape index (κ1) is 22.5. The van der Waals surface area contributed by atoms with Gasteiger partial charge in [0.2, 0.25) is 0 Å². The normalized spacial score (nSPS) is 13.0. The summed E-state index contributed by atoms with van der Waals surface area (Å²) in [6.45, 7) is 9.13. The number of allylic oxidation sites excluding steroid dienone is 3. The van der Waals surface area contributed by atoms with E-state index in [1.165, 1.54) is 16.7 Å². The first-order valence-corrected chi connectivity index (χ1v) is 10.5. The van der Waals surface area contributed by atoms with E-state index in [0.29, 0.717) is 0 Å². The fourth-order valence-corrected chi connectivity index (χ4v) is 3.26. The lowest BCUT2D eigenvalue weighted by Crippen LogP contribution is -2.05. The quantitative estimate of drug-likeness (QED) is 0.449. The van der Waals surface area contributed by atoms with Crippen LogP contribution >= 0.6 is 0 Å². The summed E-state index contributed by atoms with van der Waals surface area (Å²) in [5.74, 6) is 0. The van der Waals surface area contributed by atoms with Crippen molar-refractivity contribution in [2.75, 3.05) is 6.54 Å². The first-order valence-electron chi connectivity index (χ1n) is 10.5. The predicted molar refractivity (Wildman–Crippen MR) is 126 cm³/mol. The number of pyridine rings is 1. The molecule has 29 heavy (non-hydrogen) atoms. The highest BCUT2D eigenvalue weighted by atomic mass is 14.7. The average Bonchev–Trinajstić information content (AvgIpc) is 2.69. The van der Waals surface area contributed by atoms with Gasteiger partial charge in [0.1, 0.15) is 0 Å². The minimum atomic E-state index is 0.801. The zero-order valence-electron chi connectivity index (χ0n) is 18.2. The van der Waals surface area contributed by atoms with Crippen LogP contribution in [0, 0.1) is 0 Å². The van der Waals surface area contributed by atoms with Crippen LogP contribution in [-0.4, -0.2) is 23.0 Å². The molecule has 3 nitrogen and oxygen atoms in total. The molecule has 0 N–H and O–H groups in total. The Morgan fingerprint density at radius 3 is 2.45 bits per heavy atom. The van der Waals surface area contributed by atoms with Gasteiger partial charge in [-0.15, -0.1) is 0 Å². The molecule has 1 aromatic carbocycles. The summed E-state index contributed by atoms with van der Waals surface area (Å²) < 4.78 is 0. The molecular weight excluding hydrogens is 354 g/mol. The number of aliphatic imine (C=N–C) groups is 2. The molecule has 2 aromatic rings. The summed E-state index contributed by atoms with van der Waals surface area (Å²) >= 11 is 0. The average molecular weight is 388 g/mol. The van der Waals surface area contributed by atoms with E-state index in [2.05, 4.69) is 78.2 Å². The van der Waals surface area contributed by atoms with Crippen LogP contribution in [0.1, 0.15) is 56.5 Å². The highest BCUT2D eigenvalue weighted by molar-refractivity contribution is 5.96. The van der Waals surface area contributed by atoms with Crippen molar-refractivity contribution in [3.05, 3.63) is 89.4 Å². The molecule has 0 aliphatic heterocycles. The van der Waals surface area contributed by atoms with Crippen molar-refractivity contribution < 1.29 is 0 Å². The molecule has 1 aromatic heterocycles. The van der Waals surface area contributed by atoms with Gasteiger partial charge in [0.25, 0.3) is 0 Å². The van der Waals surface area contributed by atoms with E-state index in [9.17, 15) is 0 Å². The van der Waals surface area contributed by atoms with Crippen LogP contribution in [0.4, 0.5) is 0 Å². The fraction of sp³-hybridized carbons (Fsp3) is 0.346. The van der Waals surface area contributed by atoms with E-state index < -0.39 is 0 Å². The molecule has 3 heteroatoms. The standard InChI is InChI=1S/C26H33N3/c1-5-8-13-28-21(4)15-22-16-23(19-25(11-6-2)27-7-3)18-24(17-22)20-26-12-9-10-14-29-26/h6,8-14,16-18H,5,7,15,19-20H2,1-4H3/b11-6-,13-8-,27-25+,28-21+. The number of hydrogen-bond donors (Lipinski definition) is 0. The molecule has 0 radical (unpaired) electrons. The van der Waals surface area contributed by atoms with Gasteiger partial charge in [-0.1, -0.05) is 43.3 Å². The largest absolute Gasteiger partial charge is 0.290 e. The second-order valence-electron chi connectivity index (χ2n) is 7.13. The summed E-state index contributed by atoms with van der Waals surface area (Å²) in [6, 6.07) is 12.9. The number of aromatic nitrogens is 1. The maximum absolute atomic E-state index is 4.65. The van der Waals surface area contributed by atoms with Crippen molar-refractivity contribution in [3.63, 3.8) is 0 Å².